The molecule has 0 bridgehead atoms. The maximum absolute atomic E-state index is 8.89. The highest BCUT2D eigenvalue weighted by Crippen LogP contribution is 2.32. The summed E-state index contributed by atoms with van der Waals surface area (Å²) in [5.74, 6) is 0.884. The monoisotopic (exact) mass is 341 g/mol. The average molecular weight is 341 g/mol. The second kappa shape index (κ2) is 8.59. The number of hydrogen-bond donors (Lipinski definition) is 0. The van der Waals surface area contributed by atoms with Gasteiger partial charge in [-0.25, -0.2) is 0 Å². The van der Waals surface area contributed by atoms with Gasteiger partial charge >= 0.3 is 0 Å². The van der Waals surface area contributed by atoms with Gasteiger partial charge in [-0.2, -0.15) is 5.26 Å². The molecule has 2 aromatic carbocycles. The molecule has 1 aromatic heterocycles. The lowest BCUT2D eigenvalue weighted by molar-refractivity contribution is 0.302. The van der Waals surface area contributed by atoms with Crippen molar-refractivity contribution in [2.75, 3.05) is 6.54 Å². The Hall–Kier alpha value is -3.45. The van der Waals surface area contributed by atoms with Gasteiger partial charge in [0, 0.05) is 30.4 Å². The fourth-order valence-corrected chi connectivity index (χ4v) is 2.84. The first-order chi connectivity index (χ1) is 12.8. The number of ether oxygens (including phenoxy) is 1. The lowest BCUT2D eigenvalue weighted by Crippen LogP contribution is -2.08. The van der Waals surface area contributed by atoms with Gasteiger partial charge in [-0.3, -0.25) is 9.98 Å². The highest BCUT2D eigenvalue weighted by molar-refractivity contribution is 5.43. The van der Waals surface area contributed by atoms with Crippen LogP contribution in [0, 0.1) is 11.3 Å². The van der Waals surface area contributed by atoms with Crippen molar-refractivity contribution in [2.24, 2.45) is 4.99 Å². The molecule has 0 fully saturated rings. The van der Waals surface area contributed by atoms with E-state index in [1.54, 1.807) is 24.5 Å². The van der Waals surface area contributed by atoms with Crippen molar-refractivity contribution < 1.29 is 4.74 Å². The summed E-state index contributed by atoms with van der Waals surface area (Å²) in [5.41, 5.74) is 3.85. The molecule has 0 aliphatic carbocycles. The zero-order valence-corrected chi connectivity index (χ0v) is 14.4. The lowest BCUT2D eigenvalue weighted by Gasteiger charge is -2.19. The van der Waals surface area contributed by atoms with Crippen LogP contribution in [-0.2, 0) is 6.61 Å². The molecule has 0 N–H and O–H groups in total. The number of aromatic nitrogens is 1. The molecule has 0 saturated carbocycles. The topological polar surface area (TPSA) is 58.3 Å². The Kier molecular flexibility index (Phi) is 5.74. The zero-order chi connectivity index (χ0) is 18.2. The first-order valence-corrected chi connectivity index (χ1v) is 8.35. The molecule has 3 rings (SSSR count). The van der Waals surface area contributed by atoms with Crippen molar-refractivity contribution in [3.05, 3.63) is 95.3 Å². The molecular formula is C22H19N3O. The van der Waals surface area contributed by atoms with Crippen LogP contribution in [0.4, 0.5) is 0 Å². The van der Waals surface area contributed by atoms with Gasteiger partial charge < -0.3 is 4.74 Å². The molecule has 26 heavy (non-hydrogen) atoms. The van der Waals surface area contributed by atoms with Crippen LogP contribution in [-0.4, -0.2) is 18.2 Å². The average Bonchev–Trinajstić information content (AvgIpc) is 2.72. The van der Waals surface area contributed by atoms with Gasteiger partial charge in [0.1, 0.15) is 12.4 Å². The summed E-state index contributed by atoms with van der Waals surface area (Å²) in [4.78, 5) is 8.20. The molecule has 3 aromatic rings. The fraction of sp³-hybridized carbons (Fsp3) is 0.136. The summed E-state index contributed by atoms with van der Waals surface area (Å²) < 4.78 is 6.08. The molecule has 0 aliphatic heterocycles. The molecule has 0 amide bonds. The van der Waals surface area contributed by atoms with E-state index in [4.69, 9.17) is 10.00 Å². The smallest absolute Gasteiger partial charge is 0.123 e. The van der Waals surface area contributed by atoms with Crippen LogP contribution in [0.1, 0.15) is 28.2 Å². The largest absolute Gasteiger partial charge is 0.489 e. The molecule has 128 valence electrons. The summed E-state index contributed by atoms with van der Waals surface area (Å²) >= 11 is 0. The van der Waals surface area contributed by atoms with Crippen LogP contribution in [0.2, 0.25) is 0 Å². The number of nitriles is 1. The molecule has 0 spiro atoms. The Morgan fingerprint density at radius 3 is 2.46 bits per heavy atom. The van der Waals surface area contributed by atoms with E-state index in [1.807, 2.05) is 42.5 Å². The number of nitrogens with zero attached hydrogens (tertiary/aromatic N) is 3. The second-order valence-corrected chi connectivity index (χ2v) is 5.87. The minimum atomic E-state index is 0.0627. The van der Waals surface area contributed by atoms with Crippen molar-refractivity contribution in [2.45, 2.75) is 12.5 Å². The molecule has 0 radical (unpaired) electrons. The van der Waals surface area contributed by atoms with Gasteiger partial charge in [0.15, 0.2) is 0 Å². The SMILES string of the molecule is C=NCC(c1ccncc1)c1ccccc1OCc1ccc(C#N)cc1. The van der Waals surface area contributed by atoms with E-state index in [0.29, 0.717) is 18.7 Å². The van der Waals surface area contributed by atoms with Crippen molar-refractivity contribution in [1.82, 2.24) is 4.98 Å². The van der Waals surface area contributed by atoms with Crippen LogP contribution < -0.4 is 4.74 Å². The molecule has 4 heteroatoms. The van der Waals surface area contributed by atoms with E-state index < -0.39 is 0 Å². The summed E-state index contributed by atoms with van der Waals surface area (Å²) in [6.45, 7) is 4.67. The normalized spacial score (nSPS) is 11.3. The maximum atomic E-state index is 8.89. The molecule has 4 nitrogen and oxygen atoms in total. The van der Waals surface area contributed by atoms with Crippen molar-refractivity contribution in [3.8, 4) is 11.8 Å². The Bertz CT molecular complexity index is 899. The summed E-state index contributed by atoms with van der Waals surface area (Å²) in [7, 11) is 0. The van der Waals surface area contributed by atoms with Crippen LogP contribution in [0.5, 0.6) is 5.75 Å². The van der Waals surface area contributed by atoms with Crippen LogP contribution in [0.3, 0.4) is 0 Å². The van der Waals surface area contributed by atoms with Gasteiger partial charge in [0.25, 0.3) is 0 Å². The van der Waals surface area contributed by atoms with Crippen LogP contribution in [0.25, 0.3) is 0 Å². The Morgan fingerprint density at radius 2 is 1.77 bits per heavy atom. The Morgan fingerprint density at radius 1 is 1.04 bits per heavy atom. The van der Waals surface area contributed by atoms with Gasteiger partial charge in [0.2, 0.25) is 0 Å². The van der Waals surface area contributed by atoms with Crippen LogP contribution >= 0.6 is 0 Å². The number of para-hydroxylation sites is 1. The maximum Gasteiger partial charge on any atom is 0.123 e. The number of rotatable bonds is 7. The predicted octanol–water partition coefficient (Wildman–Crippen LogP) is 4.36. The molecular weight excluding hydrogens is 322 g/mol. The predicted molar refractivity (Wildman–Crippen MR) is 102 cm³/mol. The van der Waals surface area contributed by atoms with Crippen molar-refractivity contribution in [3.63, 3.8) is 0 Å². The number of aliphatic imine (C=N–C) groups is 1. The number of benzene rings is 2. The summed E-state index contributed by atoms with van der Waals surface area (Å²) in [6.07, 6.45) is 3.57. The molecule has 1 heterocycles. The third kappa shape index (κ3) is 4.14. The highest BCUT2D eigenvalue weighted by Gasteiger charge is 2.17. The second-order valence-electron chi connectivity index (χ2n) is 5.87. The summed E-state index contributed by atoms with van der Waals surface area (Å²) in [6, 6.07) is 21.5. The van der Waals surface area contributed by atoms with E-state index in [1.165, 1.54) is 0 Å². The Labute approximate surface area is 153 Å². The first-order valence-electron chi connectivity index (χ1n) is 8.35. The van der Waals surface area contributed by atoms with E-state index in [-0.39, 0.29) is 5.92 Å². The van der Waals surface area contributed by atoms with Crippen molar-refractivity contribution >= 4 is 6.72 Å². The standard InChI is InChI=1S/C22H19N3O/c1-24-15-21(19-10-12-25-13-11-19)20-4-2-3-5-22(20)26-16-18-8-6-17(14-23)7-9-18/h2-13,21H,1,15-16H2. The fourth-order valence-electron chi connectivity index (χ4n) is 2.84. The zero-order valence-electron chi connectivity index (χ0n) is 14.4. The van der Waals surface area contributed by atoms with Crippen molar-refractivity contribution in [1.29, 1.82) is 5.26 Å². The van der Waals surface area contributed by atoms with Gasteiger partial charge in [0.05, 0.1) is 11.6 Å². The van der Waals surface area contributed by atoms with E-state index in [9.17, 15) is 0 Å². The quantitative estimate of drug-likeness (QED) is 0.600. The van der Waals surface area contributed by atoms with Gasteiger partial charge in [-0.15, -0.1) is 0 Å². The van der Waals surface area contributed by atoms with E-state index in [0.717, 1.165) is 22.4 Å². The van der Waals surface area contributed by atoms with E-state index >= 15 is 0 Å². The molecule has 1 unspecified atom stereocenters. The highest BCUT2D eigenvalue weighted by atomic mass is 16.5. The lowest BCUT2D eigenvalue weighted by atomic mass is 9.91. The van der Waals surface area contributed by atoms with E-state index in [2.05, 4.69) is 28.8 Å². The minimum absolute atomic E-state index is 0.0627. The molecule has 0 saturated heterocycles. The number of pyridine rings is 1. The third-order valence-corrected chi connectivity index (χ3v) is 4.19. The molecule has 1 atom stereocenters. The number of hydrogen-bond acceptors (Lipinski definition) is 4. The third-order valence-electron chi connectivity index (χ3n) is 4.19. The van der Waals surface area contributed by atoms with Crippen LogP contribution in [0.15, 0.2) is 78.0 Å². The molecule has 0 aliphatic rings. The minimum Gasteiger partial charge on any atom is -0.489 e. The Balaban J connectivity index is 1.84. The first kappa shape index (κ1) is 17.4. The van der Waals surface area contributed by atoms with Gasteiger partial charge in [-0.05, 0) is 48.2 Å². The summed E-state index contributed by atoms with van der Waals surface area (Å²) in [5, 5.41) is 8.89. The van der Waals surface area contributed by atoms with Gasteiger partial charge in [-0.1, -0.05) is 30.3 Å².